The number of hydrogen-bond donors (Lipinski definition) is 3. The van der Waals surface area contributed by atoms with Gasteiger partial charge in [-0.1, -0.05) is 0 Å². The summed E-state index contributed by atoms with van der Waals surface area (Å²) in [5, 5.41) is 13.3. The number of hydrogen-bond acceptors (Lipinski definition) is 7. The van der Waals surface area contributed by atoms with Crippen molar-refractivity contribution >= 4 is 5.91 Å². The summed E-state index contributed by atoms with van der Waals surface area (Å²) in [5.41, 5.74) is 1.07. The van der Waals surface area contributed by atoms with Gasteiger partial charge in [-0.25, -0.2) is 9.37 Å². The Morgan fingerprint density at radius 2 is 1.88 bits per heavy atom. The van der Waals surface area contributed by atoms with Crippen LogP contribution in [0.15, 0.2) is 48.5 Å². The maximum atomic E-state index is 14.5. The Hall–Kier alpha value is -3.90. The molecule has 0 saturated heterocycles. The molecule has 212 valence electrons. The van der Waals surface area contributed by atoms with Crippen molar-refractivity contribution in [1.82, 2.24) is 10.3 Å². The van der Waals surface area contributed by atoms with E-state index in [0.29, 0.717) is 5.75 Å². The number of methoxy groups -OCH3 is 1. The molecule has 2 atom stereocenters. The third-order valence-corrected chi connectivity index (χ3v) is 6.86. The first-order valence-electron chi connectivity index (χ1n) is 12.5. The molecule has 1 fully saturated rings. The molecule has 40 heavy (non-hydrogen) atoms. The van der Waals surface area contributed by atoms with Crippen LogP contribution in [0.25, 0.3) is 11.3 Å². The maximum Gasteiger partial charge on any atom is 0.424 e. The van der Waals surface area contributed by atoms with Crippen LogP contribution in [0.5, 0.6) is 17.2 Å². The Kier molecular flexibility index (Phi) is 6.87. The summed E-state index contributed by atoms with van der Waals surface area (Å²) in [6.45, 7) is 0.259. The number of rotatable bonds is 8. The van der Waals surface area contributed by atoms with Crippen LogP contribution in [0.2, 0.25) is 0 Å². The van der Waals surface area contributed by atoms with Crippen LogP contribution < -0.4 is 25.3 Å². The highest BCUT2D eigenvalue weighted by Gasteiger charge is 2.57. The number of alkyl halides is 3. The van der Waals surface area contributed by atoms with E-state index in [4.69, 9.17) is 19.9 Å². The predicted molar refractivity (Wildman–Crippen MR) is 136 cm³/mol. The van der Waals surface area contributed by atoms with Gasteiger partial charge < -0.3 is 30.4 Å². The van der Waals surface area contributed by atoms with Crippen LogP contribution in [-0.4, -0.2) is 48.5 Å². The minimum absolute atomic E-state index is 0.00127. The summed E-state index contributed by atoms with van der Waals surface area (Å²) in [5.74, 6) is -0.645. The largest absolute Gasteiger partial charge is 0.493 e. The standard InChI is InChI=1S/C28H27F4N3O5/c1-26(33)14-39-24-19(26)12-22(35-23(24)15-3-6-17(29)7-4-15)27(37,28(30,31)32)13-34-25(36)16-5-10-20(21(11-16)38-2)40-18-8-9-18/h3-7,10-12,18,37H,8-9,13-14,33H2,1-2H3,(H,34,36). The molecule has 0 spiro atoms. The fourth-order valence-corrected chi connectivity index (χ4v) is 4.34. The number of nitrogens with two attached hydrogens (primary N) is 1. The van der Waals surface area contributed by atoms with E-state index < -0.39 is 41.3 Å². The Labute approximate surface area is 227 Å². The fraction of sp³-hybridized carbons (Fsp3) is 0.357. The van der Waals surface area contributed by atoms with Crippen molar-refractivity contribution in [3.8, 4) is 28.5 Å². The van der Waals surface area contributed by atoms with E-state index in [9.17, 15) is 27.5 Å². The Bertz CT molecular complexity index is 1440. The van der Waals surface area contributed by atoms with Gasteiger partial charge in [0.05, 0.1) is 31.0 Å². The van der Waals surface area contributed by atoms with Crippen molar-refractivity contribution in [2.24, 2.45) is 5.73 Å². The molecule has 4 N–H and O–H groups in total. The Morgan fingerprint density at radius 3 is 2.50 bits per heavy atom. The molecule has 3 aromatic rings. The number of halogens is 4. The van der Waals surface area contributed by atoms with Crippen LogP contribution in [0.4, 0.5) is 17.6 Å². The lowest BCUT2D eigenvalue weighted by atomic mass is 9.89. The third kappa shape index (κ3) is 5.16. The van der Waals surface area contributed by atoms with Crippen LogP contribution in [0, 0.1) is 5.82 Å². The molecular weight excluding hydrogens is 534 g/mol. The number of aliphatic hydroxyl groups is 1. The van der Waals surface area contributed by atoms with E-state index >= 15 is 0 Å². The minimum atomic E-state index is -5.26. The average molecular weight is 562 g/mol. The van der Waals surface area contributed by atoms with Crippen LogP contribution >= 0.6 is 0 Å². The molecule has 1 aromatic heterocycles. The molecule has 1 aliphatic heterocycles. The van der Waals surface area contributed by atoms with Gasteiger partial charge in [0, 0.05) is 16.7 Å². The highest BCUT2D eigenvalue weighted by molar-refractivity contribution is 5.95. The van der Waals surface area contributed by atoms with E-state index in [1.807, 2.05) is 0 Å². The second kappa shape index (κ2) is 9.93. The number of carbonyl (C=O) groups is 1. The summed E-state index contributed by atoms with van der Waals surface area (Å²) < 4.78 is 73.6. The molecule has 1 amide bonds. The van der Waals surface area contributed by atoms with Gasteiger partial charge in [0.15, 0.2) is 17.2 Å². The zero-order valence-electron chi connectivity index (χ0n) is 21.6. The lowest BCUT2D eigenvalue weighted by molar-refractivity contribution is -0.265. The molecule has 2 aliphatic rings. The first-order valence-corrected chi connectivity index (χ1v) is 12.5. The number of pyridine rings is 1. The third-order valence-electron chi connectivity index (χ3n) is 6.86. The monoisotopic (exact) mass is 561 g/mol. The van der Waals surface area contributed by atoms with Gasteiger partial charge in [-0.05, 0) is 68.3 Å². The number of benzene rings is 2. The Morgan fingerprint density at radius 1 is 1.18 bits per heavy atom. The lowest BCUT2D eigenvalue weighted by Crippen LogP contribution is -2.51. The van der Waals surface area contributed by atoms with Gasteiger partial charge in [0.1, 0.15) is 18.1 Å². The molecule has 5 rings (SSSR count). The fourth-order valence-electron chi connectivity index (χ4n) is 4.34. The molecule has 0 bridgehead atoms. The first kappa shape index (κ1) is 27.7. The van der Waals surface area contributed by atoms with Crippen molar-refractivity contribution in [2.45, 2.75) is 43.2 Å². The van der Waals surface area contributed by atoms with E-state index in [2.05, 4.69) is 10.3 Å². The smallest absolute Gasteiger partial charge is 0.424 e. The second-order valence-corrected chi connectivity index (χ2v) is 10.2. The van der Waals surface area contributed by atoms with Crippen LogP contribution in [0.1, 0.15) is 41.4 Å². The summed E-state index contributed by atoms with van der Waals surface area (Å²) in [4.78, 5) is 17.0. The van der Waals surface area contributed by atoms with Gasteiger partial charge in [0.25, 0.3) is 5.91 Å². The topological polar surface area (TPSA) is 116 Å². The van der Waals surface area contributed by atoms with Crippen molar-refractivity contribution in [3.05, 3.63) is 71.2 Å². The predicted octanol–water partition coefficient (Wildman–Crippen LogP) is 4.18. The van der Waals surface area contributed by atoms with Crippen molar-refractivity contribution in [2.75, 3.05) is 20.3 Å². The molecule has 12 heteroatoms. The molecule has 2 aromatic carbocycles. The number of amides is 1. The number of fused-ring (bicyclic) bond motifs is 1. The molecule has 1 saturated carbocycles. The number of nitrogens with zero attached hydrogens (tertiary/aromatic N) is 1. The summed E-state index contributed by atoms with van der Waals surface area (Å²) in [7, 11) is 1.38. The quantitative estimate of drug-likeness (QED) is 0.354. The maximum absolute atomic E-state index is 14.5. The molecule has 8 nitrogen and oxygen atoms in total. The number of nitrogens with one attached hydrogen (secondary N) is 1. The average Bonchev–Trinajstić information content (AvgIpc) is 3.68. The molecule has 0 radical (unpaired) electrons. The minimum Gasteiger partial charge on any atom is -0.493 e. The molecule has 2 unspecified atom stereocenters. The first-order chi connectivity index (χ1) is 18.8. The zero-order chi connectivity index (χ0) is 28.9. The SMILES string of the molecule is COc1cc(C(=O)NCC(O)(c2cc3c(c(-c4ccc(F)cc4)n2)OCC3(C)N)C(F)(F)F)ccc1OC1CC1. The van der Waals surface area contributed by atoms with Gasteiger partial charge >= 0.3 is 6.18 Å². The highest BCUT2D eigenvalue weighted by atomic mass is 19.4. The zero-order valence-corrected chi connectivity index (χ0v) is 21.6. The van der Waals surface area contributed by atoms with E-state index in [-0.39, 0.29) is 46.6 Å². The van der Waals surface area contributed by atoms with Gasteiger partial charge in [0.2, 0.25) is 5.60 Å². The number of aromatic nitrogens is 1. The summed E-state index contributed by atoms with van der Waals surface area (Å²) >= 11 is 0. The summed E-state index contributed by atoms with van der Waals surface area (Å²) in [6.07, 6.45) is -3.39. The summed E-state index contributed by atoms with van der Waals surface area (Å²) in [6, 6.07) is 10.2. The number of carbonyl (C=O) groups excluding carboxylic acids is 1. The van der Waals surface area contributed by atoms with Crippen molar-refractivity contribution in [1.29, 1.82) is 0 Å². The number of ether oxygens (including phenoxy) is 3. The van der Waals surface area contributed by atoms with Crippen molar-refractivity contribution < 1.29 is 41.7 Å². The van der Waals surface area contributed by atoms with Gasteiger partial charge in [-0.2, -0.15) is 13.2 Å². The van der Waals surface area contributed by atoms with E-state index in [1.54, 1.807) is 6.92 Å². The Balaban J connectivity index is 1.49. The van der Waals surface area contributed by atoms with Gasteiger partial charge in [-0.3, -0.25) is 4.79 Å². The second-order valence-electron chi connectivity index (χ2n) is 10.2. The van der Waals surface area contributed by atoms with Crippen molar-refractivity contribution in [3.63, 3.8) is 0 Å². The normalized spacial score (nSPS) is 19.8. The van der Waals surface area contributed by atoms with Crippen LogP contribution in [0.3, 0.4) is 0 Å². The lowest BCUT2D eigenvalue weighted by Gasteiger charge is -2.31. The molecule has 1 aliphatic carbocycles. The molecular formula is C28H27F4N3O5. The van der Waals surface area contributed by atoms with E-state index in [0.717, 1.165) is 31.0 Å². The molecule has 2 heterocycles. The highest BCUT2D eigenvalue weighted by Crippen LogP contribution is 2.46. The van der Waals surface area contributed by atoms with Gasteiger partial charge in [-0.15, -0.1) is 0 Å². The van der Waals surface area contributed by atoms with Crippen LogP contribution in [-0.2, 0) is 11.1 Å². The van der Waals surface area contributed by atoms with E-state index in [1.165, 1.54) is 37.4 Å².